The summed E-state index contributed by atoms with van der Waals surface area (Å²) in [6, 6.07) is 24.1. The standard InChI is InChI=1S/C22H20O4S2/c1-17-13-15-20(16-14-17)28(24,25)26-22(2,18-9-5-3-6-10-18)21(23)27-19-11-7-4-8-12-19/h3-16H,1-2H3. The molecule has 0 heterocycles. The van der Waals surface area contributed by atoms with Gasteiger partial charge in [-0.15, -0.1) is 0 Å². The Kier molecular flexibility index (Phi) is 6.03. The van der Waals surface area contributed by atoms with Crippen molar-refractivity contribution < 1.29 is 17.4 Å². The van der Waals surface area contributed by atoms with Gasteiger partial charge in [-0.1, -0.05) is 66.2 Å². The number of carbonyl (C=O) groups is 1. The first-order chi connectivity index (χ1) is 13.3. The fourth-order valence-electron chi connectivity index (χ4n) is 2.62. The maximum Gasteiger partial charge on any atom is 0.298 e. The van der Waals surface area contributed by atoms with Gasteiger partial charge in [0.2, 0.25) is 5.12 Å². The van der Waals surface area contributed by atoms with Crippen LogP contribution in [0.3, 0.4) is 0 Å². The van der Waals surface area contributed by atoms with Crippen LogP contribution in [0.1, 0.15) is 18.1 Å². The van der Waals surface area contributed by atoms with Crippen LogP contribution in [0.25, 0.3) is 0 Å². The molecule has 1 atom stereocenters. The molecule has 0 saturated heterocycles. The molecule has 6 heteroatoms. The van der Waals surface area contributed by atoms with Gasteiger partial charge in [-0.3, -0.25) is 4.79 Å². The molecule has 0 aliphatic carbocycles. The van der Waals surface area contributed by atoms with Gasteiger partial charge in [-0.25, -0.2) is 4.18 Å². The first-order valence-electron chi connectivity index (χ1n) is 8.66. The fourth-order valence-corrected chi connectivity index (χ4v) is 4.71. The summed E-state index contributed by atoms with van der Waals surface area (Å²) in [4.78, 5) is 13.9. The van der Waals surface area contributed by atoms with Crippen molar-refractivity contribution in [1.29, 1.82) is 0 Å². The zero-order valence-electron chi connectivity index (χ0n) is 15.5. The Labute approximate surface area is 169 Å². The van der Waals surface area contributed by atoms with E-state index in [2.05, 4.69) is 0 Å². The average molecular weight is 413 g/mol. The van der Waals surface area contributed by atoms with Crippen molar-refractivity contribution in [1.82, 2.24) is 0 Å². The second-order valence-corrected chi connectivity index (χ2v) is 9.04. The monoisotopic (exact) mass is 412 g/mol. The van der Waals surface area contributed by atoms with E-state index in [1.54, 1.807) is 54.6 Å². The lowest BCUT2D eigenvalue weighted by Gasteiger charge is -2.27. The fraction of sp³-hybridized carbons (Fsp3) is 0.136. The Balaban J connectivity index is 1.99. The van der Waals surface area contributed by atoms with Crippen LogP contribution in [-0.4, -0.2) is 13.5 Å². The van der Waals surface area contributed by atoms with E-state index in [4.69, 9.17) is 4.18 Å². The molecule has 0 aromatic heterocycles. The zero-order chi connectivity index (χ0) is 20.2. The van der Waals surface area contributed by atoms with Gasteiger partial charge in [0.05, 0.1) is 4.90 Å². The minimum atomic E-state index is -4.15. The molecule has 0 radical (unpaired) electrons. The predicted octanol–water partition coefficient (Wildman–Crippen LogP) is 4.93. The van der Waals surface area contributed by atoms with E-state index in [9.17, 15) is 13.2 Å². The molecule has 0 spiro atoms. The summed E-state index contributed by atoms with van der Waals surface area (Å²) in [5, 5.41) is -0.416. The van der Waals surface area contributed by atoms with Crippen molar-refractivity contribution >= 4 is 27.0 Å². The summed E-state index contributed by atoms with van der Waals surface area (Å²) in [6.45, 7) is 3.36. The van der Waals surface area contributed by atoms with Crippen molar-refractivity contribution in [2.75, 3.05) is 0 Å². The van der Waals surface area contributed by atoms with Crippen LogP contribution < -0.4 is 0 Å². The van der Waals surface area contributed by atoms with Gasteiger partial charge in [0.1, 0.15) is 0 Å². The highest BCUT2D eigenvalue weighted by Gasteiger charge is 2.42. The molecule has 3 aromatic rings. The zero-order valence-corrected chi connectivity index (χ0v) is 17.2. The molecule has 0 amide bonds. The van der Waals surface area contributed by atoms with Crippen LogP contribution in [0.2, 0.25) is 0 Å². The Morgan fingerprint density at radius 2 is 1.39 bits per heavy atom. The van der Waals surface area contributed by atoms with E-state index in [1.165, 1.54) is 19.1 Å². The molecule has 0 fully saturated rings. The third-order valence-corrected chi connectivity index (χ3v) is 6.74. The van der Waals surface area contributed by atoms with Crippen molar-refractivity contribution in [3.63, 3.8) is 0 Å². The number of carbonyl (C=O) groups excluding carboxylic acids is 1. The van der Waals surface area contributed by atoms with Gasteiger partial charge in [0, 0.05) is 4.90 Å². The molecule has 28 heavy (non-hydrogen) atoms. The minimum Gasteiger partial charge on any atom is -0.283 e. The lowest BCUT2D eigenvalue weighted by atomic mass is 9.98. The molecule has 1 unspecified atom stereocenters. The summed E-state index contributed by atoms with van der Waals surface area (Å²) in [7, 11) is -4.15. The number of hydrogen-bond donors (Lipinski definition) is 0. The molecule has 144 valence electrons. The molecule has 0 aliphatic heterocycles. The van der Waals surface area contributed by atoms with Crippen LogP contribution in [-0.2, 0) is 24.7 Å². The molecule has 0 N–H and O–H groups in total. The number of hydrogen-bond acceptors (Lipinski definition) is 5. The molecule has 0 bridgehead atoms. The highest BCUT2D eigenvalue weighted by atomic mass is 32.2. The normalized spacial score (nSPS) is 13.6. The average Bonchev–Trinajstić information content (AvgIpc) is 2.69. The van der Waals surface area contributed by atoms with Crippen LogP contribution in [0, 0.1) is 6.92 Å². The third kappa shape index (κ3) is 4.52. The van der Waals surface area contributed by atoms with Crippen molar-refractivity contribution in [3.05, 3.63) is 96.1 Å². The van der Waals surface area contributed by atoms with Crippen molar-refractivity contribution in [2.24, 2.45) is 0 Å². The summed E-state index contributed by atoms with van der Waals surface area (Å²) >= 11 is 0.955. The van der Waals surface area contributed by atoms with Crippen molar-refractivity contribution in [2.45, 2.75) is 29.2 Å². The van der Waals surface area contributed by atoms with Gasteiger partial charge in [-0.05, 0) is 55.4 Å². The summed E-state index contributed by atoms with van der Waals surface area (Å²) in [6.07, 6.45) is 0. The first-order valence-corrected chi connectivity index (χ1v) is 10.9. The maximum atomic E-state index is 13.2. The van der Waals surface area contributed by atoms with E-state index >= 15 is 0 Å². The molecule has 3 aromatic carbocycles. The van der Waals surface area contributed by atoms with Gasteiger partial charge in [0.25, 0.3) is 10.1 Å². The lowest BCUT2D eigenvalue weighted by Crippen LogP contribution is -2.36. The molecule has 3 rings (SSSR count). The second-order valence-electron chi connectivity index (χ2n) is 6.45. The third-order valence-electron chi connectivity index (χ3n) is 4.25. The van der Waals surface area contributed by atoms with Crippen LogP contribution >= 0.6 is 11.8 Å². The highest BCUT2D eigenvalue weighted by molar-refractivity contribution is 8.13. The Hall–Kier alpha value is -2.41. The van der Waals surface area contributed by atoms with E-state index in [0.717, 1.165) is 17.3 Å². The van der Waals surface area contributed by atoms with Crippen LogP contribution in [0.4, 0.5) is 0 Å². The van der Waals surface area contributed by atoms with Gasteiger partial charge >= 0.3 is 0 Å². The van der Waals surface area contributed by atoms with Crippen LogP contribution in [0.15, 0.2) is 94.7 Å². The maximum absolute atomic E-state index is 13.2. The number of rotatable bonds is 6. The number of thioether (sulfide) groups is 1. The van der Waals surface area contributed by atoms with Gasteiger partial charge in [0.15, 0.2) is 5.60 Å². The summed E-state index contributed by atoms with van der Waals surface area (Å²) in [5.41, 5.74) is -0.273. The second kappa shape index (κ2) is 8.31. The largest absolute Gasteiger partial charge is 0.298 e. The first kappa shape index (κ1) is 20.3. The predicted molar refractivity (Wildman–Crippen MR) is 111 cm³/mol. The Bertz CT molecular complexity index is 1050. The highest BCUT2D eigenvalue weighted by Crippen LogP contribution is 2.37. The molecular weight excluding hydrogens is 392 g/mol. The molecule has 0 aliphatic rings. The number of aryl methyl sites for hydroxylation is 1. The minimum absolute atomic E-state index is 0.0118. The quantitative estimate of drug-likeness (QED) is 0.424. The van der Waals surface area contributed by atoms with Crippen LogP contribution in [0.5, 0.6) is 0 Å². The summed E-state index contributed by atoms with van der Waals surface area (Å²) in [5.74, 6) is 0. The van der Waals surface area contributed by atoms with E-state index in [0.29, 0.717) is 10.5 Å². The van der Waals surface area contributed by atoms with Gasteiger partial charge < -0.3 is 0 Å². The molecule has 4 nitrogen and oxygen atoms in total. The topological polar surface area (TPSA) is 60.4 Å². The van der Waals surface area contributed by atoms with E-state index < -0.39 is 20.8 Å². The van der Waals surface area contributed by atoms with E-state index in [-0.39, 0.29) is 4.90 Å². The lowest BCUT2D eigenvalue weighted by molar-refractivity contribution is -0.124. The Morgan fingerprint density at radius 3 is 1.96 bits per heavy atom. The number of benzene rings is 3. The molecular formula is C22H20O4S2. The summed E-state index contributed by atoms with van der Waals surface area (Å²) < 4.78 is 31.4. The smallest absolute Gasteiger partial charge is 0.283 e. The van der Waals surface area contributed by atoms with Crippen molar-refractivity contribution in [3.8, 4) is 0 Å². The SMILES string of the molecule is Cc1ccc(S(=O)(=O)OC(C)(C(=O)Sc2ccccc2)c2ccccc2)cc1. The molecule has 0 saturated carbocycles. The van der Waals surface area contributed by atoms with Gasteiger partial charge in [-0.2, -0.15) is 8.42 Å². The van der Waals surface area contributed by atoms with E-state index in [1.807, 2.05) is 25.1 Å². The Morgan fingerprint density at radius 1 is 0.857 bits per heavy atom.